The van der Waals surface area contributed by atoms with E-state index in [1.54, 1.807) is 53.6 Å². The molecule has 2 fully saturated rings. The van der Waals surface area contributed by atoms with Crippen LogP contribution in [-0.4, -0.2) is 48.0 Å². The lowest BCUT2D eigenvalue weighted by Crippen LogP contribution is -2.64. The normalized spacial score (nSPS) is 18.2. The highest BCUT2D eigenvalue weighted by atomic mass is 32.2. The minimum absolute atomic E-state index is 0.131. The molecule has 6 nitrogen and oxygen atoms in total. The van der Waals surface area contributed by atoms with Gasteiger partial charge in [0.2, 0.25) is 0 Å². The van der Waals surface area contributed by atoms with Gasteiger partial charge in [0.15, 0.2) is 9.84 Å². The molecule has 1 aliphatic heterocycles. The second kappa shape index (κ2) is 6.89. The number of fused-ring (bicyclic) bond motifs is 1. The smallest absolute Gasteiger partial charge is 0.254 e. The summed E-state index contributed by atoms with van der Waals surface area (Å²) in [6.45, 7) is 0.751. The third-order valence-electron chi connectivity index (χ3n) is 6.04. The number of sulfone groups is 1. The van der Waals surface area contributed by atoms with Gasteiger partial charge in [0, 0.05) is 17.1 Å². The first-order valence-corrected chi connectivity index (χ1v) is 11.7. The number of aliphatic hydroxyl groups is 1. The van der Waals surface area contributed by atoms with E-state index >= 15 is 0 Å². The van der Waals surface area contributed by atoms with Crippen LogP contribution in [0, 0.1) is 5.92 Å². The van der Waals surface area contributed by atoms with Crippen molar-refractivity contribution in [3.8, 4) is 0 Å². The van der Waals surface area contributed by atoms with E-state index < -0.39 is 15.4 Å². The summed E-state index contributed by atoms with van der Waals surface area (Å²) < 4.78 is 26.0. The molecule has 0 radical (unpaired) electrons. The fourth-order valence-electron chi connectivity index (χ4n) is 4.19. The Hall–Kier alpha value is -2.77. The maximum absolute atomic E-state index is 13.0. The summed E-state index contributed by atoms with van der Waals surface area (Å²) >= 11 is 0. The molecule has 5 rings (SSSR count). The summed E-state index contributed by atoms with van der Waals surface area (Å²) in [4.78, 5) is 18.7. The number of aromatic nitrogens is 1. The van der Waals surface area contributed by atoms with Gasteiger partial charge in [-0.25, -0.2) is 8.42 Å². The molecule has 0 spiro atoms. The van der Waals surface area contributed by atoms with Gasteiger partial charge in [0.1, 0.15) is 5.60 Å². The van der Waals surface area contributed by atoms with Gasteiger partial charge in [0.05, 0.1) is 29.3 Å². The van der Waals surface area contributed by atoms with Crippen LogP contribution in [-0.2, 0) is 15.6 Å². The van der Waals surface area contributed by atoms with Crippen LogP contribution in [0.15, 0.2) is 65.7 Å². The van der Waals surface area contributed by atoms with Crippen molar-refractivity contribution in [3.63, 3.8) is 0 Å². The summed E-state index contributed by atoms with van der Waals surface area (Å²) in [7, 11) is -3.59. The quantitative estimate of drug-likeness (QED) is 0.683. The number of rotatable bonds is 5. The van der Waals surface area contributed by atoms with Crippen LogP contribution >= 0.6 is 0 Å². The maximum atomic E-state index is 13.0. The number of amides is 1. The Morgan fingerprint density at radius 3 is 2.47 bits per heavy atom. The molecule has 1 saturated carbocycles. The Morgan fingerprint density at radius 2 is 1.77 bits per heavy atom. The topological polar surface area (TPSA) is 87.6 Å². The Bertz CT molecular complexity index is 1220. The van der Waals surface area contributed by atoms with E-state index in [-0.39, 0.29) is 16.6 Å². The first kappa shape index (κ1) is 19.2. The fourth-order valence-corrected chi connectivity index (χ4v) is 5.73. The van der Waals surface area contributed by atoms with Gasteiger partial charge in [-0.05, 0) is 48.6 Å². The number of nitrogens with zero attached hydrogens (tertiary/aromatic N) is 2. The number of β-amino-alcohol motifs (C(OH)–C–C–N with tert-alkyl or cyclic N) is 1. The third kappa shape index (κ3) is 3.38. The van der Waals surface area contributed by atoms with Crippen LogP contribution in [0.5, 0.6) is 0 Å². The molecule has 1 aliphatic carbocycles. The zero-order chi connectivity index (χ0) is 20.9. The highest BCUT2D eigenvalue weighted by Crippen LogP contribution is 2.44. The summed E-state index contributed by atoms with van der Waals surface area (Å²) in [5.41, 5.74) is 0.863. The van der Waals surface area contributed by atoms with E-state index in [2.05, 4.69) is 4.98 Å². The lowest BCUT2D eigenvalue weighted by atomic mass is 9.88. The number of hydrogen-bond acceptors (Lipinski definition) is 5. The molecule has 7 heteroatoms. The van der Waals surface area contributed by atoms with Gasteiger partial charge >= 0.3 is 0 Å². The molecule has 2 heterocycles. The number of likely N-dealkylation sites (tertiary alicyclic amines) is 1. The van der Waals surface area contributed by atoms with Crippen LogP contribution in [0.4, 0.5) is 0 Å². The molecule has 154 valence electrons. The van der Waals surface area contributed by atoms with Gasteiger partial charge in [0.25, 0.3) is 5.91 Å². The second-order valence-electron chi connectivity index (χ2n) is 8.33. The second-order valence-corrected chi connectivity index (χ2v) is 10.3. The van der Waals surface area contributed by atoms with E-state index in [1.165, 1.54) is 0 Å². The predicted octanol–water partition coefficient (Wildman–Crippen LogP) is 2.81. The Labute approximate surface area is 175 Å². The van der Waals surface area contributed by atoms with Crippen molar-refractivity contribution in [2.75, 3.05) is 13.1 Å². The molecule has 2 aromatic carbocycles. The van der Waals surface area contributed by atoms with Crippen LogP contribution in [0.3, 0.4) is 0 Å². The van der Waals surface area contributed by atoms with E-state index in [0.717, 1.165) is 18.2 Å². The summed E-state index contributed by atoms with van der Waals surface area (Å²) in [5, 5.41) is 11.2. The van der Waals surface area contributed by atoms with Crippen LogP contribution in [0.1, 0.15) is 28.8 Å². The van der Waals surface area contributed by atoms with Crippen molar-refractivity contribution in [3.05, 3.63) is 71.9 Å². The van der Waals surface area contributed by atoms with Gasteiger partial charge in [-0.15, -0.1) is 0 Å². The predicted molar refractivity (Wildman–Crippen MR) is 113 cm³/mol. The fraction of sp³-hybridized carbons (Fsp3) is 0.304. The number of benzene rings is 2. The third-order valence-corrected chi connectivity index (χ3v) is 7.76. The summed E-state index contributed by atoms with van der Waals surface area (Å²) in [5.74, 6) is 0.0353. The Morgan fingerprint density at radius 1 is 1.07 bits per heavy atom. The van der Waals surface area contributed by atoms with E-state index in [4.69, 9.17) is 0 Å². The number of carbonyl (C=O) groups excluding carboxylic acids is 1. The van der Waals surface area contributed by atoms with Gasteiger partial charge in [-0.1, -0.05) is 30.3 Å². The molecule has 0 bridgehead atoms. The highest BCUT2D eigenvalue weighted by Gasteiger charge is 2.53. The molecule has 1 N–H and O–H groups in total. The van der Waals surface area contributed by atoms with E-state index in [0.29, 0.717) is 35.7 Å². The van der Waals surface area contributed by atoms with Crippen LogP contribution < -0.4 is 0 Å². The van der Waals surface area contributed by atoms with Gasteiger partial charge in [-0.3, -0.25) is 9.78 Å². The molecular formula is C23H22N2O4S. The molecule has 1 amide bonds. The Kier molecular flexibility index (Phi) is 4.41. The monoisotopic (exact) mass is 422 g/mol. The first-order chi connectivity index (χ1) is 14.4. The molecule has 2 aliphatic rings. The number of hydrogen-bond donors (Lipinski definition) is 1. The summed E-state index contributed by atoms with van der Waals surface area (Å²) in [6, 6.07) is 15.4. The largest absolute Gasteiger partial charge is 0.386 e. The Balaban J connectivity index is 1.31. The van der Waals surface area contributed by atoms with E-state index in [9.17, 15) is 18.3 Å². The lowest BCUT2D eigenvalue weighted by Gasteiger charge is -2.47. The van der Waals surface area contributed by atoms with Crippen molar-refractivity contribution in [2.45, 2.75) is 29.1 Å². The average molecular weight is 423 g/mol. The number of para-hydroxylation sites is 1. The molecule has 1 saturated heterocycles. The summed E-state index contributed by atoms with van der Waals surface area (Å²) in [6.07, 6.45) is 3.66. The zero-order valence-electron chi connectivity index (χ0n) is 16.4. The minimum atomic E-state index is -3.59. The molecule has 0 unspecified atom stereocenters. The maximum Gasteiger partial charge on any atom is 0.254 e. The van der Waals surface area contributed by atoms with Crippen LogP contribution in [0.25, 0.3) is 10.9 Å². The molecular weight excluding hydrogens is 400 g/mol. The van der Waals surface area contributed by atoms with Crippen molar-refractivity contribution in [1.82, 2.24) is 9.88 Å². The average Bonchev–Trinajstić information content (AvgIpc) is 3.56. The number of pyridine rings is 1. The molecule has 30 heavy (non-hydrogen) atoms. The highest BCUT2D eigenvalue weighted by molar-refractivity contribution is 7.90. The SMILES string of the molecule is O=C(c1ccc(CS(=O)(=O)c2cccc3cccnc23)cc1)N1CC(O)(C2CC2)C1. The van der Waals surface area contributed by atoms with Crippen molar-refractivity contribution in [1.29, 1.82) is 0 Å². The zero-order valence-corrected chi connectivity index (χ0v) is 17.2. The first-order valence-electron chi connectivity index (χ1n) is 10.0. The van der Waals surface area contributed by atoms with Crippen molar-refractivity contribution < 1.29 is 18.3 Å². The lowest BCUT2D eigenvalue weighted by molar-refractivity contribution is -0.0958. The molecule has 0 atom stereocenters. The van der Waals surface area contributed by atoms with Crippen molar-refractivity contribution >= 4 is 26.6 Å². The van der Waals surface area contributed by atoms with E-state index in [1.807, 2.05) is 12.1 Å². The standard InChI is InChI=1S/C23H22N2O4S/c26-22(25-14-23(27,15-25)19-10-11-19)18-8-6-16(7-9-18)13-30(28,29)20-5-1-3-17-4-2-12-24-21(17)20/h1-9,12,19,27H,10-11,13-15H2. The minimum Gasteiger partial charge on any atom is -0.386 e. The van der Waals surface area contributed by atoms with Gasteiger partial charge in [-0.2, -0.15) is 0 Å². The van der Waals surface area contributed by atoms with Gasteiger partial charge < -0.3 is 10.0 Å². The molecule has 1 aromatic heterocycles. The van der Waals surface area contributed by atoms with Crippen molar-refractivity contribution in [2.24, 2.45) is 5.92 Å². The number of carbonyl (C=O) groups is 1. The molecule has 3 aromatic rings. The van der Waals surface area contributed by atoms with Crippen LogP contribution in [0.2, 0.25) is 0 Å².